The van der Waals surface area contributed by atoms with Crippen LogP contribution in [0.25, 0.3) is 5.69 Å². The summed E-state index contributed by atoms with van der Waals surface area (Å²) in [5.41, 5.74) is 3.04. The Morgan fingerprint density at radius 1 is 0.897 bits per heavy atom. The Bertz CT molecular complexity index is 1020. The number of carbonyl (C=O) groups excluding carboxylic acids is 1. The van der Waals surface area contributed by atoms with Crippen LogP contribution in [0.4, 0.5) is 37.7 Å². The SMILES string of the molecule is Nc1ccc(C(=O)Nc2ccc(-n3nc(C(F)(F)F)cc3C(F)(F)F)cc2)cc1. The first-order valence-corrected chi connectivity index (χ1v) is 7.97. The number of amides is 1. The van der Waals surface area contributed by atoms with E-state index in [0.717, 1.165) is 12.1 Å². The second kappa shape index (κ2) is 7.15. The molecule has 0 bridgehead atoms. The molecule has 0 atom stereocenters. The summed E-state index contributed by atoms with van der Waals surface area (Å²) in [5, 5.41) is 5.56. The third kappa shape index (κ3) is 4.50. The van der Waals surface area contributed by atoms with Crippen LogP contribution in [-0.2, 0) is 12.4 Å². The zero-order valence-corrected chi connectivity index (χ0v) is 14.3. The molecule has 0 aliphatic carbocycles. The summed E-state index contributed by atoms with van der Waals surface area (Å²) in [6.45, 7) is 0. The topological polar surface area (TPSA) is 72.9 Å². The van der Waals surface area contributed by atoms with Gasteiger partial charge >= 0.3 is 12.4 Å². The number of alkyl halides is 6. The van der Waals surface area contributed by atoms with Gasteiger partial charge in [-0.15, -0.1) is 0 Å². The van der Waals surface area contributed by atoms with Crippen molar-refractivity contribution in [2.45, 2.75) is 12.4 Å². The first-order valence-electron chi connectivity index (χ1n) is 7.97. The van der Waals surface area contributed by atoms with Crippen molar-refractivity contribution in [1.29, 1.82) is 0 Å². The van der Waals surface area contributed by atoms with Crippen LogP contribution >= 0.6 is 0 Å². The average Bonchev–Trinajstić information content (AvgIpc) is 3.09. The lowest BCUT2D eigenvalue weighted by Crippen LogP contribution is -2.14. The van der Waals surface area contributed by atoms with E-state index >= 15 is 0 Å². The second-order valence-corrected chi connectivity index (χ2v) is 5.95. The fourth-order valence-electron chi connectivity index (χ4n) is 2.44. The van der Waals surface area contributed by atoms with Crippen molar-refractivity contribution in [2.24, 2.45) is 0 Å². The van der Waals surface area contributed by atoms with E-state index in [9.17, 15) is 31.1 Å². The quantitative estimate of drug-likeness (QED) is 0.480. The molecule has 3 N–H and O–H groups in total. The smallest absolute Gasteiger partial charge is 0.399 e. The van der Waals surface area contributed by atoms with E-state index in [1.54, 1.807) is 0 Å². The minimum absolute atomic E-state index is 0.0587. The maximum atomic E-state index is 13.1. The highest BCUT2D eigenvalue weighted by Crippen LogP contribution is 2.36. The highest BCUT2D eigenvalue weighted by molar-refractivity contribution is 6.04. The molecule has 0 fully saturated rings. The van der Waals surface area contributed by atoms with E-state index in [1.807, 2.05) is 0 Å². The van der Waals surface area contributed by atoms with E-state index in [2.05, 4.69) is 10.4 Å². The summed E-state index contributed by atoms with van der Waals surface area (Å²) in [4.78, 5) is 12.1. The number of nitrogens with two attached hydrogens (primary N) is 1. The molecule has 3 rings (SSSR count). The second-order valence-electron chi connectivity index (χ2n) is 5.95. The molecule has 152 valence electrons. The number of nitrogens with zero attached hydrogens (tertiary/aromatic N) is 2. The lowest BCUT2D eigenvalue weighted by Gasteiger charge is -2.11. The lowest BCUT2D eigenvalue weighted by atomic mass is 10.2. The van der Waals surface area contributed by atoms with Gasteiger partial charge in [-0.25, -0.2) is 4.68 Å². The average molecular weight is 414 g/mol. The van der Waals surface area contributed by atoms with Crippen molar-refractivity contribution < 1.29 is 31.1 Å². The van der Waals surface area contributed by atoms with Gasteiger partial charge in [-0.05, 0) is 48.5 Å². The van der Waals surface area contributed by atoms with E-state index in [1.165, 1.54) is 36.4 Å². The van der Waals surface area contributed by atoms with Crippen LogP contribution in [0, 0.1) is 0 Å². The largest absolute Gasteiger partial charge is 0.435 e. The van der Waals surface area contributed by atoms with Gasteiger partial charge in [0.1, 0.15) is 5.69 Å². The molecule has 1 heterocycles. The Morgan fingerprint density at radius 2 is 1.48 bits per heavy atom. The van der Waals surface area contributed by atoms with Crippen LogP contribution in [0.5, 0.6) is 0 Å². The highest BCUT2D eigenvalue weighted by atomic mass is 19.4. The predicted octanol–water partition coefficient (Wildman–Crippen LogP) is 4.74. The van der Waals surface area contributed by atoms with Crippen LogP contribution in [0.15, 0.2) is 54.6 Å². The van der Waals surface area contributed by atoms with Crippen LogP contribution < -0.4 is 11.1 Å². The molecule has 0 saturated carbocycles. The number of nitrogen functional groups attached to an aromatic ring is 1. The number of aromatic nitrogens is 2. The number of rotatable bonds is 3. The maximum absolute atomic E-state index is 13.1. The van der Waals surface area contributed by atoms with Crippen molar-refractivity contribution in [2.75, 3.05) is 11.1 Å². The Kier molecular flexibility index (Phi) is 4.99. The van der Waals surface area contributed by atoms with Gasteiger partial charge in [-0.2, -0.15) is 31.4 Å². The van der Waals surface area contributed by atoms with Crippen molar-refractivity contribution in [3.05, 3.63) is 71.5 Å². The minimum atomic E-state index is -5.04. The fourth-order valence-corrected chi connectivity index (χ4v) is 2.44. The molecular formula is C18H12F6N4O. The molecular weight excluding hydrogens is 402 g/mol. The van der Waals surface area contributed by atoms with Crippen molar-refractivity contribution in [3.8, 4) is 5.69 Å². The van der Waals surface area contributed by atoms with Gasteiger partial charge in [0.15, 0.2) is 5.69 Å². The Hall–Kier alpha value is -3.50. The summed E-state index contributed by atoms with van der Waals surface area (Å²) < 4.78 is 77.8. The zero-order chi connectivity index (χ0) is 21.4. The van der Waals surface area contributed by atoms with Gasteiger partial charge in [0.05, 0.1) is 5.69 Å². The normalized spacial score (nSPS) is 12.1. The summed E-state index contributed by atoms with van der Waals surface area (Å²) in [7, 11) is 0. The Labute approximate surface area is 159 Å². The number of carbonyl (C=O) groups is 1. The molecule has 0 unspecified atom stereocenters. The number of halogens is 6. The van der Waals surface area contributed by atoms with Crippen LogP contribution in [-0.4, -0.2) is 15.7 Å². The van der Waals surface area contributed by atoms with Crippen LogP contribution in [0.2, 0.25) is 0 Å². The van der Waals surface area contributed by atoms with Gasteiger partial charge in [0.25, 0.3) is 5.91 Å². The monoisotopic (exact) mass is 414 g/mol. The number of benzene rings is 2. The van der Waals surface area contributed by atoms with E-state index in [0.29, 0.717) is 11.3 Å². The van der Waals surface area contributed by atoms with E-state index in [-0.39, 0.29) is 22.1 Å². The van der Waals surface area contributed by atoms with E-state index in [4.69, 9.17) is 5.73 Å². The molecule has 1 amide bonds. The predicted molar refractivity (Wildman–Crippen MR) is 92.4 cm³/mol. The molecule has 1 aromatic heterocycles. The summed E-state index contributed by atoms with van der Waals surface area (Å²) in [6, 6.07) is 10.7. The first kappa shape index (κ1) is 20.2. The standard InChI is InChI=1S/C18H12F6N4O/c19-17(20,21)14-9-15(18(22,23)24)28(27-14)13-7-5-12(6-8-13)26-16(29)10-1-3-11(25)4-2-10/h1-9H,25H2,(H,26,29). The number of hydrogen-bond acceptors (Lipinski definition) is 3. The van der Waals surface area contributed by atoms with Gasteiger partial charge in [-0.1, -0.05) is 0 Å². The Balaban J connectivity index is 1.87. The van der Waals surface area contributed by atoms with Gasteiger partial charge in [0.2, 0.25) is 0 Å². The third-order valence-electron chi connectivity index (χ3n) is 3.83. The molecule has 0 spiro atoms. The molecule has 0 saturated heterocycles. The summed E-state index contributed by atoms with van der Waals surface area (Å²) in [6.07, 6.45) is -10.1. The van der Waals surface area contributed by atoms with Crippen molar-refractivity contribution in [1.82, 2.24) is 9.78 Å². The van der Waals surface area contributed by atoms with E-state index < -0.39 is 29.6 Å². The third-order valence-corrected chi connectivity index (χ3v) is 3.83. The van der Waals surface area contributed by atoms with Crippen molar-refractivity contribution >= 4 is 17.3 Å². The molecule has 11 heteroatoms. The lowest BCUT2D eigenvalue weighted by molar-refractivity contribution is -0.143. The molecule has 0 aliphatic rings. The van der Waals surface area contributed by atoms with Crippen LogP contribution in [0.1, 0.15) is 21.7 Å². The summed E-state index contributed by atoms with van der Waals surface area (Å²) in [5.74, 6) is -0.493. The first-order chi connectivity index (χ1) is 13.4. The molecule has 0 aliphatic heterocycles. The molecule has 0 radical (unpaired) electrons. The zero-order valence-electron chi connectivity index (χ0n) is 14.3. The maximum Gasteiger partial charge on any atom is 0.435 e. The number of hydrogen-bond donors (Lipinski definition) is 2. The molecule has 2 aromatic carbocycles. The number of nitrogens with one attached hydrogen (secondary N) is 1. The molecule has 5 nitrogen and oxygen atoms in total. The van der Waals surface area contributed by atoms with Crippen LogP contribution in [0.3, 0.4) is 0 Å². The van der Waals surface area contributed by atoms with Gasteiger partial charge in [0, 0.05) is 23.0 Å². The summed E-state index contributed by atoms with van der Waals surface area (Å²) >= 11 is 0. The number of anilines is 2. The fraction of sp³-hybridized carbons (Fsp3) is 0.111. The molecule has 3 aromatic rings. The highest BCUT2D eigenvalue weighted by Gasteiger charge is 2.42. The van der Waals surface area contributed by atoms with Gasteiger partial charge < -0.3 is 11.1 Å². The minimum Gasteiger partial charge on any atom is -0.399 e. The molecule has 29 heavy (non-hydrogen) atoms. The van der Waals surface area contributed by atoms with Crippen molar-refractivity contribution in [3.63, 3.8) is 0 Å². The Morgan fingerprint density at radius 3 is 2.00 bits per heavy atom. The van der Waals surface area contributed by atoms with Gasteiger partial charge in [-0.3, -0.25) is 4.79 Å².